The summed E-state index contributed by atoms with van der Waals surface area (Å²) in [6, 6.07) is 13.0. The van der Waals surface area contributed by atoms with Crippen LogP contribution in [0.2, 0.25) is 0 Å². The maximum absolute atomic E-state index is 12.6. The van der Waals surface area contributed by atoms with Gasteiger partial charge in [0.05, 0.1) is 26.2 Å². The molecule has 9 nitrogen and oxygen atoms in total. The first kappa shape index (κ1) is 23.8. The van der Waals surface area contributed by atoms with Gasteiger partial charge in [-0.25, -0.2) is 0 Å². The molecule has 2 N–H and O–H groups in total. The summed E-state index contributed by atoms with van der Waals surface area (Å²) in [6.07, 6.45) is 0. The van der Waals surface area contributed by atoms with E-state index < -0.39 is 11.9 Å². The van der Waals surface area contributed by atoms with Crippen molar-refractivity contribution in [2.24, 2.45) is 5.92 Å². The van der Waals surface area contributed by atoms with Crippen LogP contribution < -0.4 is 19.5 Å². The van der Waals surface area contributed by atoms with Gasteiger partial charge in [0.2, 0.25) is 12.7 Å². The highest BCUT2D eigenvalue weighted by atomic mass is 16.7. The number of carboxylic acids is 1. The first-order valence-corrected chi connectivity index (χ1v) is 11.2. The van der Waals surface area contributed by atoms with Gasteiger partial charge in [0.25, 0.3) is 0 Å². The largest absolute Gasteiger partial charge is 0.497 e. The second-order valence-electron chi connectivity index (χ2n) is 8.50. The van der Waals surface area contributed by atoms with Crippen LogP contribution in [0.1, 0.15) is 23.0 Å². The number of methoxy groups -OCH3 is 2. The zero-order chi connectivity index (χ0) is 24.1. The lowest BCUT2D eigenvalue weighted by atomic mass is 9.71. The van der Waals surface area contributed by atoms with E-state index in [0.717, 1.165) is 11.1 Å². The Morgan fingerprint density at radius 2 is 1.71 bits per heavy atom. The van der Waals surface area contributed by atoms with E-state index >= 15 is 0 Å². The summed E-state index contributed by atoms with van der Waals surface area (Å²) in [5, 5.41) is 13.2. The molecule has 0 spiro atoms. The van der Waals surface area contributed by atoms with E-state index in [4.69, 9.17) is 18.9 Å². The Kier molecular flexibility index (Phi) is 7.54. The molecule has 0 bridgehead atoms. The summed E-state index contributed by atoms with van der Waals surface area (Å²) in [4.78, 5) is 27.2. The molecule has 2 aromatic rings. The minimum Gasteiger partial charge on any atom is -0.497 e. The van der Waals surface area contributed by atoms with Crippen LogP contribution in [0.4, 0.5) is 0 Å². The fourth-order valence-electron chi connectivity index (χ4n) is 4.78. The van der Waals surface area contributed by atoms with Crippen molar-refractivity contribution in [1.82, 2.24) is 10.2 Å². The summed E-state index contributed by atoms with van der Waals surface area (Å²) in [5.74, 6) is -0.380. The zero-order valence-electron chi connectivity index (χ0n) is 19.4. The number of amides is 1. The molecule has 1 unspecified atom stereocenters. The molecular weight excluding hydrogens is 440 g/mol. The number of carbonyl (C=O) groups is 2. The lowest BCUT2D eigenvalue weighted by Crippen LogP contribution is -2.50. The van der Waals surface area contributed by atoms with Gasteiger partial charge in [0, 0.05) is 38.6 Å². The Morgan fingerprint density at radius 1 is 1.03 bits per heavy atom. The van der Waals surface area contributed by atoms with E-state index in [1.807, 2.05) is 47.4 Å². The van der Waals surface area contributed by atoms with Gasteiger partial charge in [-0.05, 0) is 35.4 Å². The molecule has 2 aliphatic rings. The van der Waals surface area contributed by atoms with Crippen LogP contribution in [0.3, 0.4) is 0 Å². The second-order valence-corrected chi connectivity index (χ2v) is 8.50. The number of nitrogens with one attached hydrogen (secondary N) is 1. The molecule has 2 aliphatic heterocycles. The van der Waals surface area contributed by atoms with Crippen molar-refractivity contribution in [3.05, 3.63) is 53.6 Å². The van der Waals surface area contributed by atoms with Gasteiger partial charge in [0.15, 0.2) is 11.5 Å². The van der Waals surface area contributed by atoms with Crippen LogP contribution in [0, 0.1) is 5.92 Å². The first-order chi connectivity index (χ1) is 16.5. The third kappa shape index (κ3) is 5.26. The van der Waals surface area contributed by atoms with Crippen molar-refractivity contribution in [1.29, 1.82) is 0 Å². The molecule has 4 rings (SSSR count). The standard InChI is InChI=1S/C25H30N2O7/c1-31-10-9-26-23(28)14-27-12-19(16-3-6-18(32-2)7-4-16)24(25(29)30)20(13-27)17-5-8-21-22(11-17)34-15-33-21/h3-8,11,19-20,24H,9-10,12-15H2,1-2H3,(H,26,28)(H,29,30)/t19-,20?,24-/m1/s1. The third-order valence-electron chi connectivity index (χ3n) is 6.43. The van der Waals surface area contributed by atoms with Crippen molar-refractivity contribution in [3.8, 4) is 17.2 Å². The minimum atomic E-state index is -0.868. The monoisotopic (exact) mass is 470 g/mol. The number of hydrogen-bond acceptors (Lipinski definition) is 7. The number of piperidine rings is 1. The second kappa shape index (κ2) is 10.8. The molecule has 2 aromatic carbocycles. The summed E-state index contributed by atoms with van der Waals surface area (Å²) >= 11 is 0. The van der Waals surface area contributed by atoms with Gasteiger partial charge < -0.3 is 29.4 Å². The van der Waals surface area contributed by atoms with Crippen molar-refractivity contribution in [2.75, 3.05) is 53.8 Å². The van der Waals surface area contributed by atoms with E-state index in [0.29, 0.717) is 43.5 Å². The van der Waals surface area contributed by atoms with E-state index in [1.165, 1.54) is 0 Å². The van der Waals surface area contributed by atoms with E-state index in [2.05, 4.69) is 5.32 Å². The quantitative estimate of drug-likeness (QED) is 0.537. The van der Waals surface area contributed by atoms with Crippen LogP contribution in [0.5, 0.6) is 17.2 Å². The molecule has 0 aromatic heterocycles. The van der Waals surface area contributed by atoms with Gasteiger partial charge in [-0.2, -0.15) is 0 Å². The predicted molar refractivity (Wildman–Crippen MR) is 123 cm³/mol. The number of aliphatic carboxylic acids is 1. The Balaban J connectivity index is 1.65. The summed E-state index contributed by atoms with van der Waals surface area (Å²) in [5.41, 5.74) is 1.74. The Morgan fingerprint density at radius 3 is 2.38 bits per heavy atom. The molecule has 9 heteroatoms. The fourth-order valence-corrected chi connectivity index (χ4v) is 4.78. The average molecular weight is 471 g/mol. The molecule has 2 heterocycles. The van der Waals surface area contributed by atoms with Crippen LogP contribution in [0.25, 0.3) is 0 Å². The number of nitrogens with zero attached hydrogens (tertiary/aromatic N) is 1. The number of ether oxygens (including phenoxy) is 4. The van der Waals surface area contributed by atoms with Gasteiger partial charge >= 0.3 is 5.97 Å². The number of hydrogen-bond donors (Lipinski definition) is 2. The maximum Gasteiger partial charge on any atom is 0.307 e. The first-order valence-electron chi connectivity index (χ1n) is 11.2. The molecule has 0 saturated carbocycles. The lowest BCUT2D eigenvalue weighted by Gasteiger charge is -2.42. The van der Waals surface area contributed by atoms with E-state index in [1.54, 1.807) is 14.2 Å². The molecule has 1 saturated heterocycles. The molecule has 34 heavy (non-hydrogen) atoms. The number of carbonyl (C=O) groups excluding carboxylic acids is 1. The normalized spacial score (nSPS) is 21.8. The van der Waals surface area contributed by atoms with Gasteiger partial charge in [-0.1, -0.05) is 18.2 Å². The van der Waals surface area contributed by atoms with Gasteiger partial charge in [-0.3, -0.25) is 14.5 Å². The number of carboxylic acid groups (broad SMARTS) is 1. The number of benzene rings is 2. The van der Waals surface area contributed by atoms with E-state index in [-0.39, 0.29) is 31.1 Å². The van der Waals surface area contributed by atoms with Gasteiger partial charge in [-0.15, -0.1) is 0 Å². The zero-order valence-corrected chi connectivity index (χ0v) is 19.4. The summed E-state index contributed by atoms with van der Waals surface area (Å²) < 4.78 is 21.2. The lowest BCUT2D eigenvalue weighted by molar-refractivity contribution is -0.145. The molecule has 0 radical (unpaired) electrons. The highest BCUT2D eigenvalue weighted by Gasteiger charge is 2.43. The smallest absolute Gasteiger partial charge is 0.307 e. The third-order valence-corrected chi connectivity index (χ3v) is 6.43. The van der Waals surface area contributed by atoms with Crippen LogP contribution >= 0.6 is 0 Å². The van der Waals surface area contributed by atoms with Gasteiger partial charge in [0.1, 0.15) is 5.75 Å². The number of rotatable bonds is 9. The number of fused-ring (bicyclic) bond motifs is 1. The summed E-state index contributed by atoms with van der Waals surface area (Å²) in [6.45, 7) is 2.05. The van der Waals surface area contributed by atoms with Crippen LogP contribution in [-0.2, 0) is 14.3 Å². The van der Waals surface area contributed by atoms with Crippen LogP contribution in [0.15, 0.2) is 42.5 Å². The number of likely N-dealkylation sites (tertiary alicyclic amines) is 1. The van der Waals surface area contributed by atoms with Crippen molar-refractivity contribution < 1.29 is 33.6 Å². The highest BCUT2D eigenvalue weighted by molar-refractivity contribution is 5.78. The topological polar surface area (TPSA) is 107 Å². The predicted octanol–water partition coefficient (Wildman–Crippen LogP) is 2.07. The molecular formula is C25H30N2O7. The van der Waals surface area contributed by atoms with Crippen LogP contribution in [-0.4, -0.2) is 75.7 Å². The average Bonchev–Trinajstić information content (AvgIpc) is 3.31. The van der Waals surface area contributed by atoms with Crippen molar-refractivity contribution >= 4 is 11.9 Å². The Bertz CT molecular complexity index is 1010. The fraction of sp³-hybridized carbons (Fsp3) is 0.440. The van der Waals surface area contributed by atoms with E-state index in [9.17, 15) is 14.7 Å². The molecule has 0 aliphatic carbocycles. The van der Waals surface area contributed by atoms with Crippen molar-refractivity contribution in [3.63, 3.8) is 0 Å². The molecule has 1 fully saturated rings. The maximum atomic E-state index is 12.6. The SMILES string of the molecule is COCCNC(=O)CN1CC(c2ccc3c(c2)OCO3)[C@H](C(=O)O)[C@@H](c2ccc(OC)cc2)C1. The highest BCUT2D eigenvalue weighted by Crippen LogP contribution is 2.44. The Labute approximate surface area is 198 Å². The molecule has 182 valence electrons. The molecule has 3 atom stereocenters. The Hall–Kier alpha value is -3.30. The van der Waals surface area contributed by atoms with Crippen molar-refractivity contribution in [2.45, 2.75) is 11.8 Å². The summed E-state index contributed by atoms with van der Waals surface area (Å²) in [7, 11) is 3.17. The molecule has 1 amide bonds. The minimum absolute atomic E-state index is 0.122.